The molecule has 1 atom stereocenters. The van der Waals surface area contributed by atoms with E-state index in [-0.39, 0.29) is 35.5 Å². The molecule has 0 bridgehead atoms. The molecule has 240 valence electrons. The van der Waals surface area contributed by atoms with E-state index in [9.17, 15) is 22.4 Å². The summed E-state index contributed by atoms with van der Waals surface area (Å²) in [5, 5.41) is 3.13. The fourth-order valence-electron chi connectivity index (χ4n) is 5.77. The minimum Gasteiger partial charge on any atom is -0.352 e. The van der Waals surface area contributed by atoms with Gasteiger partial charge in [-0.15, -0.1) is 0 Å². The van der Waals surface area contributed by atoms with Crippen molar-refractivity contribution in [2.75, 3.05) is 10.8 Å². The van der Waals surface area contributed by atoms with E-state index < -0.39 is 40.2 Å². The Hall–Kier alpha value is -4.57. The normalized spacial score (nSPS) is 14.3. The van der Waals surface area contributed by atoms with E-state index in [1.807, 2.05) is 30.3 Å². The largest absolute Gasteiger partial charge is 0.352 e. The minimum absolute atomic E-state index is 0.0457. The van der Waals surface area contributed by atoms with E-state index in [0.717, 1.165) is 48.0 Å². The molecule has 1 fully saturated rings. The van der Waals surface area contributed by atoms with Crippen LogP contribution in [-0.4, -0.2) is 43.8 Å². The SMILES string of the molecule is O=C(NC1CCCCC1)C(Cc1ccccc1)N(Cc1ccc(F)cc1)C(=O)CN(c1ccccc1F)S(=O)(=O)c1ccccc1. The van der Waals surface area contributed by atoms with Crippen LogP contribution in [0.5, 0.6) is 0 Å². The number of hydrogen-bond acceptors (Lipinski definition) is 4. The summed E-state index contributed by atoms with van der Waals surface area (Å²) in [5.74, 6) is -2.37. The average Bonchev–Trinajstić information content (AvgIpc) is 3.07. The Labute approximate surface area is 268 Å². The van der Waals surface area contributed by atoms with Crippen molar-refractivity contribution in [2.45, 2.75) is 62.0 Å². The molecule has 10 heteroatoms. The van der Waals surface area contributed by atoms with Crippen LogP contribution in [0.4, 0.5) is 14.5 Å². The van der Waals surface area contributed by atoms with Crippen molar-refractivity contribution in [3.63, 3.8) is 0 Å². The molecular formula is C36H37F2N3O4S. The van der Waals surface area contributed by atoms with Gasteiger partial charge in [-0.05, 0) is 60.4 Å². The smallest absolute Gasteiger partial charge is 0.264 e. The maximum atomic E-state index is 15.2. The molecule has 0 aliphatic heterocycles. The van der Waals surface area contributed by atoms with E-state index >= 15 is 4.39 Å². The molecule has 1 aliphatic carbocycles. The first kappa shape index (κ1) is 32.8. The number of nitrogens with one attached hydrogen (secondary N) is 1. The van der Waals surface area contributed by atoms with Crippen LogP contribution in [0.15, 0.2) is 114 Å². The Morgan fingerprint density at radius 1 is 0.761 bits per heavy atom. The van der Waals surface area contributed by atoms with Crippen molar-refractivity contribution in [3.05, 3.63) is 132 Å². The van der Waals surface area contributed by atoms with Gasteiger partial charge < -0.3 is 10.2 Å². The molecule has 0 saturated heterocycles. The van der Waals surface area contributed by atoms with E-state index in [2.05, 4.69) is 5.32 Å². The van der Waals surface area contributed by atoms with Crippen LogP contribution in [-0.2, 0) is 32.6 Å². The number of amides is 2. The maximum Gasteiger partial charge on any atom is 0.264 e. The summed E-state index contributed by atoms with van der Waals surface area (Å²) < 4.78 is 57.8. The molecule has 0 radical (unpaired) electrons. The lowest BCUT2D eigenvalue weighted by Crippen LogP contribution is -2.55. The first-order valence-electron chi connectivity index (χ1n) is 15.4. The highest BCUT2D eigenvalue weighted by Crippen LogP contribution is 2.27. The average molecular weight is 646 g/mol. The highest BCUT2D eigenvalue weighted by molar-refractivity contribution is 7.92. The van der Waals surface area contributed by atoms with Crippen molar-refractivity contribution in [2.24, 2.45) is 0 Å². The van der Waals surface area contributed by atoms with Crippen LogP contribution < -0.4 is 9.62 Å². The van der Waals surface area contributed by atoms with Gasteiger partial charge in [0.1, 0.15) is 24.2 Å². The molecule has 0 heterocycles. The van der Waals surface area contributed by atoms with Gasteiger partial charge in [0.05, 0.1) is 10.6 Å². The lowest BCUT2D eigenvalue weighted by Gasteiger charge is -2.35. The molecule has 7 nitrogen and oxygen atoms in total. The topological polar surface area (TPSA) is 86.8 Å². The predicted molar refractivity (Wildman–Crippen MR) is 173 cm³/mol. The van der Waals surface area contributed by atoms with Crippen LogP contribution in [0, 0.1) is 11.6 Å². The first-order chi connectivity index (χ1) is 22.2. The Morgan fingerprint density at radius 3 is 2.02 bits per heavy atom. The van der Waals surface area contributed by atoms with Gasteiger partial charge in [0.2, 0.25) is 11.8 Å². The number of hydrogen-bond donors (Lipinski definition) is 1. The number of benzene rings is 4. The fourth-order valence-corrected chi connectivity index (χ4v) is 7.21. The second kappa shape index (κ2) is 15.1. The highest BCUT2D eigenvalue weighted by atomic mass is 32.2. The van der Waals surface area contributed by atoms with Gasteiger partial charge in [-0.25, -0.2) is 17.2 Å². The number of nitrogens with zero attached hydrogens (tertiary/aromatic N) is 2. The molecule has 2 amide bonds. The number of rotatable bonds is 12. The van der Waals surface area contributed by atoms with E-state index in [1.54, 1.807) is 18.2 Å². The molecule has 1 N–H and O–H groups in total. The summed E-state index contributed by atoms with van der Waals surface area (Å²) in [6, 6.07) is 26.5. The summed E-state index contributed by atoms with van der Waals surface area (Å²) >= 11 is 0. The lowest BCUT2D eigenvalue weighted by molar-refractivity contribution is -0.140. The van der Waals surface area contributed by atoms with Crippen molar-refractivity contribution >= 4 is 27.5 Å². The van der Waals surface area contributed by atoms with Gasteiger partial charge in [-0.2, -0.15) is 0 Å². The Balaban J connectivity index is 1.56. The van der Waals surface area contributed by atoms with E-state index in [4.69, 9.17) is 0 Å². The molecule has 1 aliphatic rings. The van der Waals surface area contributed by atoms with Crippen LogP contribution in [0.2, 0.25) is 0 Å². The third kappa shape index (κ3) is 8.17. The zero-order valence-electron chi connectivity index (χ0n) is 25.4. The lowest BCUT2D eigenvalue weighted by atomic mass is 9.94. The van der Waals surface area contributed by atoms with Gasteiger partial charge >= 0.3 is 0 Å². The zero-order chi connectivity index (χ0) is 32.5. The summed E-state index contributed by atoms with van der Waals surface area (Å²) in [4.78, 5) is 29.7. The van der Waals surface area contributed by atoms with Crippen LogP contribution >= 0.6 is 0 Å². The number of anilines is 1. The Bertz CT molecular complexity index is 1720. The molecule has 0 spiro atoms. The fraction of sp³-hybridized carbons (Fsp3) is 0.278. The van der Waals surface area contributed by atoms with Gasteiger partial charge in [0.25, 0.3) is 10.0 Å². The summed E-state index contributed by atoms with van der Waals surface area (Å²) in [6.45, 7) is -0.882. The third-order valence-electron chi connectivity index (χ3n) is 8.22. The van der Waals surface area contributed by atoms with Crippen LogP contribution in [0.3, 0.4) is 0 Å². The van der Waals surface area contributed by atoms with Crippen molar-refractivity contribution in [1.29, 1.82) is 0 Å². The molecule has 1 unspecified atom stereocenters. The summed E-state index contributed by atoms with van der Waals surface area (Å²) in [6.07, 6.45) is 4.87. The molecule has 5 rings (SSSR count). The van der Waals surface area contributed by atoms with Crippen LogP contribution in [0.25, 0.3) is 0 Å². The van der Waals surface area contributed by atoms with Gasteiger partial charge in [-0.1, -0.05) is 92.1 Å². The second-order valence-electron chi connectivity index (χ2n) is 11.5. The van der Waals surface area contributed by atoms with Crippen molar-refractivity contribution in [1.82, 2.24) is 10.2 Å². The number of halogens is 2. The second-order valence-corrected chi connectivity index (χ2v) is 13.3. The van der Waals surface area contributed by atoms with Gasteiger partial charge in [-0.3, -0.25) is 13.9 Å². The summed E-state index contributed by atoms with van der Waals surface area (Å²) in [7, 11) is -4.42. The van der Waals surface area contributed by atoms with E-state index in [0.29, 0.717) is 5.56 Å². The van der Waals surface area contributed by atoms with Crippen molar-refractivity contribution < 1.29 is 26.8 Å². The number of para-hydroxylation sites is 1. The molecule has 4 aromatic carbocycles. The molecule has 0 aromatic heterocycles. The summed E-state index contributed by atoms with van der Waals surface area (Å²) in [5.41, 5.74) is 1.04. The first-order valence-corrected chi connectivity index (χ1v) is 16.9. The molecule has 4 aromatic rings. The quantitative estimate of drug-likeness (QED) is 0.197. The Kier molecular flexibility index (Phi) is 10.8. The molecule has 46 heavy (non-hydrogen) atoms. The number of sulfonamides is 1. The minimum atomic E-state index is -4.42. The number of carbonyl (C=O) groups is 2. The predicted octanol–water partition coefficient (Wildman–Crippen LogP) is 6.25. The van der Waals surface area contributed by atoms with Gasteiger partial charge in [0.15, 0.2) is 0 Å². The molecular weight excluding hydrogens is 608 g/mol. The van der Waals surface area contributed by atoms with Crippen molar-refractivity contribution in [3.8, 4) is 0 Å². The maximum absolute atomic E-state index is 15.2. The van der Waals surface area contributed by atoms with Crippen LogP contribution in [0.1, 0.15) is 43.2 Å². The monoisotopic (exact) mass is 645 g/mol. The standard InChI is InChI=1S/C36H37F2N3O4S/c37-29-22-20-28(21-23-29)25-40(34(24-27-12-4-1-5-13-27)36(43)39-30-14-6-2-7-15-30)35(42)26-41(33-19-11-10-18-32(33)38)46(44,45)31-16-8-3-9-17-31/h1,3-5,8-13,16-23,30,34H,2,6-7,14-15,24-26H2,(H,39,43). The Morgan fingerprint density at radius 2 is 1.37 bits per heavy atom. The zero-order valence-corrected chi connectivity index (χ0v) is 26.2. The van der Waals surface area contributed by atoms with Gasteiger partial charge in [0, 0.05) is 19.0 Å². The highest BCUT2D eigenvalue weighted by Gasteiger charge is 2.36. The third-order valence-corrected chi connectivity index (χ3v) is 9.99. The number of carbonyl (C=O) groups excluding carboxylic acids is 2. The van der Waals surface area contributed by atoms with E-state index in [1.165, 1.54) is 59.5 Å². The molecule has 1 saturated carbocycles.